The van der Waals surface area contributed by atoms with Gasteiger partial charge in [-0.25, -0.2) is 0 Å². The summed E-state index contributed by atoms with van der Waals surface area (Å²) in [7, 11) is -1.76. The van der Waals surface area contributed by atoms with Crippen LogP contribution in [0.25, 0.3) is 4.98 Å². The van der Waals surface area contributed by atoms with Gasteiger partial charge in [-0.1, -0.05) is 81.0 Å². The van der Waals surface area contributed by atoms with Crippen molar-refractivity contribution in [2.75, 3.05) is 0 Å². The topological polar surface area (TPSA) is 14.1 Å². The summed E-state index contributed by atoms with van der Waals surface area (Å²) in [5, 5.41) is 0.736. The normalized spacial score (nSPS) is 27.1. The molecule has 28 heavy (non-hydrogen) atoms. The summed E-state index contributed by atoms with van der Waals surface area (Å²) in [6.07, 6.45) is 0. The zero-order chi connectivity index (χ0) is 16.9. The summed E-state index contributed by atoms with van der Waals surface area (Å²) in [6.45, 7) is 9.89. The fourth-order valence-corrected chi connectivity index (χ4v) is 10.7. The molecule has 1 heterocycles. The van der Waals surface area contributed by atoms with Gasteiger partial charge in [0, 0.05) is 10.1 Å². The number of rotatable bonds is 3. The summed E-state index contributed by atoms with van der Waals surface area (Å²) < 4.78 is 0. The van der Waals surface area contributed by atoms with Crippen molar-refractivity contribution in [2.45, 2.75) is 48.5 Å². The van der Waals surface area contributed by atoms with E-state index in [0.717, 1.165) is 22.8 Å². The van der Waals surface area contributed by atoms with Crippen LogP contribution in [0.5, 0.6) is 0 Å². The minimum atomic E-state index is -1.76. The molecule has 2 aliphatic rings. The quantitative estimate of drug-likeness (QED) is 0.343. The predicted molar refractivity (Wildman–Crippen MR) is 127 cm³/mol. The van der Waals surface area contributed by atoms with E-state index in [2.05, 4.69) is 93.3 Å². The van der Waals surface area contributed by atoms with Gasteiger partial charge < -0.3 is 27.3 Å². The van der Waals surface area contributed by atoms with E-state index in [0.29, 0.717) is 11.5 Å². The Kier molecular flexibility index (Phi) is 10.3. The van der Waals surface area contributed by atoms with Gasteiger partial charge in [-0.15, -0.1) is 17.4 Å². The molecule has 1 aliphatic carbocycles. The molecule has 2 aromatic rings. The summed E-state index contributed by atoms with van der Waals surface area (Å²) in [5.41, 5.74) is 3.47. The Balaban J connectivity index is 0.00000182. The molecule has 5 atom stereocenters. The van der Waals surface area contributed by atoms with E-state index in [1.54, 1.807) is 5.56 Å². The smallest absolute Gasteiger partial charge is 0.687 e. The third kappa shape index (κ3) is 4.64. The van der Waals surface area contributed by atoms with Crippen LogP contribution in [0.3, 0.4) is 0 Å². The molecule has 0 saturated heterocycles. The van der Waals surface area contributed by atoms with Crippen LogP contribution in [0.2, 0.25) is 18.6 Å². The maximum absolute atomic E-state index is 5.32. The maximum atomic E-state index is 5.32. The van der Waals surface area contributed by atoms with Crippen molar-refractivity contribution in [1.29, 1.82) is 0 Å². The Morgan fingerprint density at radius 1 is 0.821 bits per heavy atom. The van der Waals surface area contributed by atoms with Crippen LogP contribution < -0.4 is 0 Å². The first kappa shape index (κ1) is 27.5. The van der Waals surface area contributed by atoms with Crippen LogP contribution in [-0.2, 0) is 21.7 Å². The molecular weight excluding hydrogens is 410 g/mol. The second-order valence-corrected chi connectivity index (χ2v) is 13.4. The summed E-state index contributed by atoms with van der Waals surface area (Å²) in [4.78, 5) is 6.84. The largest absolute Gasteiger partial charge is 4.00 e. The SMILES string of the molecule is CC1C(C)C([Si](C)(C)[N-]c2ccccc2)C2c3ccccc3SC12.[CH3-].[CH3-].[CH3-].[Ti+4]. The zero-order valence-electron chi connectivity index (χ0n) is 18.4. The Morgan fingerprint density at radius 2 is 1.39 bits per heavy atom. The molecule has 1 fully saturated rings. The molecule has 0 N–H and O–H groups in total. The zero-order valence-corrected chi connectivity index (χ0v) is 21.8. The fourth-order valence-electron chi connectivity index (χ4n) is 5.04. The van der Waals surface area contributed by atoms with Crippen molar-refractivity contribution in [2.24, 2.45) is 11.8 Å². The third-order valence-electron chi connectivity index (χ3n) is 6.19. The van der Waals surface area contributed by atoms with E-state index in [4.69, 9.17) is 4.98 Å². The van der Waals surface area contributed by atoms with E-state index in [9.17, 15) is 0 Å². The molecule has 150 valence electrons. The van der Waals surface area contributed by atoms with Gasteiger partial charge in [0.2, 0.25) is 0 Å². The molecule has 0 bridgehead atoms. The molecule has 1 aliphatic heterocycles. The second kappa shape index (κ2) is 10.5. The van der Waals surface area contributed by atoms with Crippen LogP contribution in [0.4, 0.5) is 5.69 Å². The molecule has 1 saturated carbocycles. The average Bonchev–Trinajstić information content (AvgIpc) is 3.04. The molecule has 5 unspecified atom stereocenters. The Labute approximate surface area is 194 Å². The van der Waals surface area contributed by atoms with Crippen LogP contribution in [0.1, 0.15) is 25.3 Å². The van der Waals surface area contributed by atoms with Gasteiger partial charge in [0.25, 0.3) is 0 Å². The minimum absolute atomic E-state index is 0. The average molecular weight is 446 g/mol. The van der Waals surface area contributed by atoms with Crippen molar-refractivity contribution < 1.29 is 21.7 Å². The van der Waals surface area contributed by atoms with Gasteiger partial charge in [-0.3, -0.25) is 0 Å². The van der Waals surface area contributed by atoms with Crippen LogP contribution in [0.15, 0.2) is 59.5 Å². The first-order valence-electron chi connectivity index (χ1n) is 9.02. The second-order valence-electron chi connectivity index (χ2n) is 7.99. The van der Waals surface area contributed by atoms with Crippen molar-refractivity contribution in [3.63, 3.8) is 0 Å². The molecule has 4 heteroatoms. The number of benzene rings is 2. The molecule has 4 rings (SSSR count). The number of fused-ring (bicyclic) bond motifs is 3. The van der Waals surface area contributed by atoms with Gasteiger partial charge in [0.15, 0.2) is 0 Å². The Morgan fingerprint density at radius 3 is 2.04 bits per heavy atom. The first-order valence-corrected chi connectivity index (χ1v) is 12.9. The minimum Gasteiger partial charge on any atom is -0.687 e. The van der Waals surface area contributed by atoms with Gasteiger partial charge in [-0.05, 0) is 37.6 Å². The molecule has 1 nitrogen and oxygen atoms in total. The maximum Gasteiger partial charge on any atom is 4.00 e. The predicted octanol–water partition coefficient (Wildman–Crippen LogP) is 8.16. The van der Waals surface area contributed by atoms with Crippen molar-refractivity contribution >= 4 is 25.7 Å². The van der Waals surface area contributed by atoms with Gasteiger partial charge in [-0.2, -0.15) is 0 Å². The molecule has 0 aromatic heterocycles. The number of hydrogen-bond donors (Lipinski definition) is 0. The van der Waals surface area contributed by atoms with E-state index in [1.165, 1.54) is 4.90 Å². The summed E-state index contributed by atoms with van der Waals surface area (Å²) in [6, 6.07) is 19.7. The number of thioether (sulfide) groups is 1. The van der Waals surface area contributed by atoms with Crippen LogP contribution in [0, 0.1) is 34.1 Å². The molecule has 0 spiro atoms. The van der Waals surface area contributed by atoms with Crippen molar-refractivity contribution in [3.8, 4) is 0 Å². The van der Waals surface area contributed by atoms with Crippen LogP contribution in [-0.4, -0.2) is 13.5 Å². The van der Waals surface area contributed by atoms with Gasteiger partial charge in [0.1, 0.15) is 0 Å². The van der Waals surface area contributed by atoms with Crippen molar-refractivity contribution in [3.05, 3.63) is 87.4 Å². The van der Waals surface area contributed by atoms with Crippen LogP contribution >= 0.6 is 11.8 Å². The first-order chi connectivity index (χ1) is 11.5. The van der Waals surface area contributed by atoms with Gasteiger partial charge in [0.05, 0.1) is 0 Å². The molecule has 2 aromatic carbocycles. The van der Waals surface area contributed by atoms with E-state index >= 15 is 0 Å². The molecular formula is C24H35NSSiTi. The Hall–Kier alpha value is -0.479. The standard InChI is InChI=1S/C21H26NSSi.3CH3.Ti/c1-14-15(2)21(24(3,4)22-16-10-6-5-7-11-16)19-17-12-8-9-13-18(17)23-20(14)19;;;;/h5-15,19-21H,1-4H3;3*1H3;/q4*-1;+4. The summed E-state index contributed by atoms with van der Waals surface area (Å²) >= 11 is 2.13. The van der Waals surface area contributed by atoms with E-state index in [-0.39, 0.29) is 44.0 Å². The summed E-state index contributed by atoms with van der Waals surface area (Å²) in [5.74, 6) is 2.19. The number of hydrogen-bond acceptors (Lipinski definition) is 1. The monoisotopic (exact) mass is 445 g/mol. The van der Waals surface area contributed by atoms with E-state index in [1.807, 2.05) is 0 Å². The fraction of sp³-hybridized carbons (Fsp3) is 0.375. The molecule has 0 radical (unpaired) electrons. The van der Waals surface area contributed by atoms with Gasteiger partial charge >= 0.3 is 21.7 Å². The van der Waals surface area contributed by atoms with Crippen molar-refractivity contribution in [1.82, 2.24) is 0 Å². The Bertz CT molecular complexity index is 736. The molecule has 0 amide bonds. The number of nitrogens with zero attached hydrogens (tertiary/aromatic N) is 1. The third-order valence-corrected chi connectivity index (χ3v) is 11.2. The van der Waals surface area contributed by atoms with E-state index < -0.39 is 8.24 Å².